The molecule has 1 aromatic heterocycles. The van der Waals surface area contributed by atoms with Gasteiger partial charge in [-0.15, -0.1) is 0 Å². The fraction of sp³-hybridized carbons (Fsp3) is 0.200. The van der Waals surface area contributed by atoms with Gasteiger partial charge in [-0.2, -0.15) is 0 Å². The SMILES string of the molecule is CCC(CC(=O)Nc1ccc2ncccc2c1)c1ccccc1. The first kappa shape index (κ1) is 15.2. The molecule has 2 aromatic carbocycles. The Kier molecular flexibility index (Phi) is 4.67. The summed E-state index contributed by atoms with van der Waals surface area (Å²) < 4.78 is 0. The van der Waals surface area contributed by atoms with Crippen LogP contribution in [0.25, 0.3) is 10.9 Å². The minimum absolute atomic E-state index is 0.0453. The average molecular weight is 304 g/mol. The molecule has 3 nitrogen and oxygen atoms in total. The highest BCUT2D eigenvalue weighted by Gasteiger charge is 2.14. The summed E-state index contributed by atoms with van der Waals surface area (Å²) in [6, 6.07) is 19.9. The number of hydrogen-bond donors (Lipinski definition) is 1. The lowest BCUT2D eigenvalue weighted by Gasteiger charge is -2.15. The van der Waals surface area contributed by atoms with Crippen molar-refractivity contribution in [1.82, 2.24) is 4.98 Å². The Hall–Kier alpha value is -2.68. The zero-order valence-corrected chi connectivity index (χ0v) is 13.2. The van der Waals surface area contributed by atoms with Gasteiger partial charge in [0.1, 0.15) is 0 Å². The largest absolute Gasteiger partial charge is 0.326 e. The summed E-state index contributed by atoms with van der Waals surface area (Å²) in [6.45, 7) is 2.12. The Morgan fingerprint density at radius 3 is 2.70 bits per heavy atom. The molecule has 3 aromatic rings. The van der Waals surface area contributed by atoms with Gasteiger partial charge in [-0.1, -0.05) is 43.3 Å². The lowest BCUT2D eigenvalue weighted by Crippen LogP contribution is -2.15. The van der Waals surface area contributed by atoms with Crippen LogP contribution in [0.4, 0.5) is 5.69 Å². The number of fused-ring (bicyclic) bond motifs is 1. The van der Waals surface area contributed by atoms with Crippen molar-refractivity contribution in [3.8, 4) is 0 Å². The van der Waals surface area contributed by atoms with Gasteiger partial charge in [0.2, 0.25) is 5.91 Å². The fourth-order valence-corrected chi connectivity index (χ4v) is 2.81. The monoisotopic (exact) mass is 304 g/mol. The van der Waals surface area contributed by atoms with E-state index in [0.29, 0.717) is 6.42 Å². The van der Waals surface area contributed by atoms with Crippen LogP contribution in [0.1, 0.15) is 31.2 Å². The predicted molar refractivity (Wildman–Crippen MR) is 94.5 cm³/mol. The number of anilines is 1. The van der Waals surface area contributed by atoms with E-state index in [-0.39, 0.29) is 11.8 Å². The molecule has 0 spiro atoms. The summed E-state index contributed by atoms with van der Waals surface area (Å²) >= 11 is 0. The van der Waals surface area contributed by atoms with Crippen molar-refractivity contribution >= 4 is 22.5 Å². The van der Waals surface area contributed by atoms with Crippen molar-refractivity contribution in [2.45, 2.75) is 25.7 Å². The molecule has 1 atom stereocenters. The van der Waals surface area contributed by atoms with Gasteiger partial charge < -0.3 is 5.32 Å². The van der Waals surface area contributed by atoms with Crippen LogP contribution in [-0.4, -0.2) is 10.9 Å². The molecule has 0 bridgehead atoms. The van der Waals surface area contributed by atoms with E-state index in [4.69, 9.17) is 0 Å². The molecule has 1 N–H and O–H groups in total. The summed E-state index contributed by atoms with van der Waals surface area (Å²) in [6.07, 6.45) is 3.21. The minimum atomic E-state index is 0.0453. The first-order chi connectivity index (χ1) is 11.3. The second kappa shape index (κ2) is 7.05. The molecule has 0 aliphatic rings. The lowest BCUT2D eigenvalue weighted by atomic mass is 9.93. The molecule has 0 fully saturated rings. The fourth-order valence-electron chi connectivity index (χ4n) is 2.81. The maximum atomic E-state index is 12.4. The van der Waals surface area contributed by atoms with Crippen molar-refractivity contribution in [3.63, 3.8) is 0 Å². The van der Waals surface area contributed by atoms with Gasteiger partial charge in [-0.3, -0.25) is 9.78 Å². The summed E-state index contributed by atoms with van der Waals surface area (Å²) in [7, 11) is 0. The Bertz CT molecular complexity index is 799. The van der Waals surface area contributed by atoms with Gasteiger partial charge in [-0.05, 0) is 42.2 Å². The average Bonchev–Trinajstić information content (AvgIpc) is 2.60. The molecule has 0 radical (unpaired) electrons. The molecule has 0 aliphatic carbocycles. The highest BCUT2D eigenvalue weighted by atomic mass is 16.1. The Morgan fingerprint density at radius 2 is 1.91 bits per heavy atom. The molecule has 1 unspecified atom stereocenters. The number of carbonyl (C=O) groups is 1. The van der Waals surface area contributed by atoms with Crippen LogP contribution < -0.4 is 5.32 Å². The van der Waals surface area contributed by atoms with Crippen LogP contribution in [0.3, 0.4) is 0 Å². The summed E-state index contributed by atoms with van der Waals surface area (Å²) in [4.78, 5) is 16.7. The molecule has 0 aliphatic heterocycles. The van der Waals surface area contributed by atoms with Crippen molar-refractivity contribution in [1.29, 1.82) is 0 Å². The lowest BCUT2D eigenvalue weighted by molar-refractivity contribution is -0.116. The quantitative estimate of drug-likeness (QED) is 0.738. The molecule has 0 saturated heterocycles. The van der Waals surface area contributed by atoms with Gasteiger partial charge in [0, 0.05) is 23.7 Å². The Balaban J connectivity index is 1.70. The molecule has 1 heterocycles. The standard InChI is InChI=1S/C20H20N2O/c1-2-15(16-7-4-3-5-8-16)14-20(23)22-18-10-11-19-17(13-18)9-6-12-21-19/h3-13,15H,2,14H2,1H3,(H,22,23). The maximum Gasteiger partial charge on any atom is 0.224 e. The number of amides is 1. The van der Waals surface area contributed by atoms with E-state index >= 15 is 0 Å². The van der Waals surface area contributed by atoms with E-state index in [1.807, 2.05) is 48.5 Å². The molecular formula is C20H20N2O. The molecule has 0 saturated carbocycles. The van der Waals surface area contributed by atoms with Gasteiger partial charge in [-0.25, -0.2) is 0 Å². The van der Waals surface area contributed by atoms with E-state index in [0.717, 1.165) is 23.0 Å². The zero-order chi connectivity index (χ0) is 16.1. The van der Waals surface area contributed by atoms with Crippen LogP contribution in [0, 0.1) is 0 Å². The molecule has 1 amide bonds. The molecule has 3 heteroatoms. The second-order valence-corrected chi connectivity index (χ2v) is 5.68. The smallest absolute Gasteiger partial charge is 0.224 e. The van der Waals surface area contributed by atoms with Gasteiger partial charge in [0.05, 0.1) is 5.52 Å². The van der Waals surface area contributed by atoms with E-state index in [9.17, 15) is 4.79 Å². The number of hydrogen-bond acceptors (Lipinski definition) is 2. The van der Waals surface area contributed by atoms with Crippen molar-refractivity contribution in [2.75, 3.05) is 5.32 Å². The summed E-state index contributed by atoms with van der Waals surface area (Å²) in [5.74, 6) is 0.294. The first-order valence-electron chi connectivity index (χ1n) is 7.96. The van der Waals surface area contributed by atoms with Crippen LogP contribution in [0.5, 0.6) is 0 Å². The van der Waals surface area contributed by atoms with E-state index < -0.39 is 0 Å². The highest BCUT2D eigenvalue weighted by molar-refractivity contribution is 5.94. The third kappa shape index (κ3) is 3.75. The summed E-state index contributed by atoms with van der Waals surface area (Å²) in [5.41, 5.74) is 2.97. The van der Waals surface area contributed by atoms with Gasteiger partial charge >= 0.3 is 0 Å². The summed E-state index contributed by atoms with van der Waals surface area (Å²) in [5, 5.41) is 4.03. The Labute approximate surface area is 136 Å². The van der Waals surface area contributed by atoms with Crippen molar-refractivity contribution in [2.24, 2.45) is 0 Å². The van der Waals surface area contributed by atoms with Gasteiger partial charge in [0.25, 0.3) is 0 Å². The van der Waals surface area contributed by atoms with E-state index in [1.165, 1.54) is 5.56 Å². The number of rotatable bonds is 5. The number of nitrogens with zero attached hydrogens (tertiary/aromatic N) is 1. The van der Waals surface area contributed by atoms with Crippen molar-refractivity contribution < 1.29 is 4.79 Å². The molecular weight excluding hydrogens is 284 g/mol. The first-order valence-corrected chi connectivity index (χ1v) is 7.96. The van der Waals surface area contributed by atoms with Crippen molar-refractivity contribution in [3.05, 3.63) is 72.4 Å². The topological polar surface area (TPSA) is 42.0 Å². The second-order valence-electron chi connectivity index (χ2n) is 5.68. The van der Waals surface area contributed by atoms with Crippen LogP contribution in [0.2, 0.25) is 0 Å². The number of nitrogens with one attached hydrogen (secondary N) is 1. The zero-order valence-electron chi connectivity index (χ0n) is 13.2. The molecule has 3 rings (SSSR count). The number of carbonyl (C=O) groups excluding carboxylic acids is 1. The van der Waals surface area contributed by atoms with E-state index in [2.05, 4.69) is 29.4 Å². The molecule has 23 heavy (non-hydrogen) atoms. The molecule has 116 valence electrons. The highest BCUT2D eigenvalue weighted by Crippen LogP contribution is 2.24. The third-order valence-corrected chi connectivity index (χ3v) is 4.08. The predicted octanol–water partition coefficient (Wildman–Crippen LogP) is 4.76. The van der Waals surface area contributed by atoms with Crippen LogP contribution in [0.15, 0.2) is 66.9 Å². The Morgan fingerprint density at radius 1 is 1.09 bits per heavy atom. The van der Waals surface area contributed by atoms with Gasteiger partial charge in [0.15, 0.2) is 0 Å². The van der Waals surface area contributed by atoms with E-state index in [1.54, 1.807) is 6.20 Å². The third-order valence-electron chi connectivity index (χ3n) is 4.08. The van der Waals surface area contributed by atoms with Crippen LogP contribution in [-0.2, 0) is 4.79 Å². The number of pyridine rings is 1. The van der Waals surface area contributed by atoms with Crippen LogP contribution >= 0.6 is 0 Å². The minimum Gasteiger partial charge on any atom is -0.326 e. The maximum absolute atomic E-state index is 12.4. The normalized spacial score (nSPS) is 12.0. The number of aromatic nitrogens is 1. The number of benzene rings is 2.